The predicted octanol–water partition coefficient (Wildman–Crippen LogP) is 3.35. The van der Waals surface area contributed by atoms with Gasteiger partial charge in [-0.15, -0.1) is 0 Å². The van der Waals surface area contributed by atoms with Crippen molar-refractivity contribution in [1.29, 1.82) is 0 Å². The van der Waals surface area contributed by atoms with Crippen LogP contribution in [0.4, 0.5) is 0 Å². The van der Waals surface area contributed by atoms with Gasteiger partial charge in [-0.1, -0.05) is 37.6 Å². The summed E-state index contributed by atoms with van der Waals surface area (Å²) in [4.78, 5) is 14.3. The van der Waals surface area contributed by atoms with E-state index in [0.29, 0.717) is 18.0 Å². The third-order valence-corrected chi connectivity index (χ3v) is 4.79. The number of carbonyl (C=O) groups is 1. The average molecular weight is 293 g/mol. The van der Waals surface area contributed by atoms with Crippen LogP contribution in [0.1, 0.15) is 44.8 Å². The first-order chi connectivity index (χ1) is 9.46. The number of benzene rings is 1. The second kappa shape index (κ2) is 5.05. The van der Waals surface area contributed by atoms with E-state index in [1.54, 1.807) is 0 Å². The number of nitrogens with zero attached hydrogens (tertiary/aromatic N) is 1. The highest BCUT2D eigenvalue weighted by molar-refractivity contribution is 6.30. The maximum absolute atomic E-state index is 12.3. The SMILES string of the molecule is CC1(C)CCC(N2C(=O)CNC2c2ccc(Cl)cc2)C1. The summed E-state index contributed by atoms with van der Waals surface area (Å²) in [5.41, 5.74) is 1.46. The fraction of sp³-hybridized carbons (Fsp3) is 0.562. The summed E-state index contributed by atoms with van der Waals surface area (Å²) < 4.78 is 0. The number of nitrogens with one attached hydrogen (secondary N) is 1. The highest BCUT2D eigenvalue weighted by Gasteiger charge is 2.42. The molecule has 4 heteroatoms. The Hall–Kier alpha value is -1.06. The largest absolute Gasteiger partial charge is 0.319 e. The summed E-state index contributed by atoms with van der Waals surface area (Å²) in [6.07, 6.45) is 3.38. The van der Waals surface area contributed by atoms with Gasteiger partial charge in [-0.25, -0.2) is 0 Å². The van der Waals surface area contributed by atoms with Gasteiger partial charge in [0, 0.05) is 11.1 Å². The topological polar surface area (TPSA) is 32.3 Å². The van der Waals surface area contributed by atoms with E-state index in [2.05, 4.69) is 24.1 Å². The lowest BCUT2D eigenvalue weighted by molar-refractivity contribution is -0.130. The van der Waals surface area contributed by atoms with E-state index < -0.39 is 0 Å². The van der Waals surface area contributed by atoms with Gasteiger partial charge < -0.3 is 4.90 Å². The molecule has 0 spiro atoms. The zero-order valence-electron chi connectivity index (χ0n) is 12.0. The Kier molecular flexibility index (Phi) is 3.51. The van der Waals surface area contributed by atoms with Crippen LogP contribution < -0.4 is 5.32 Å². The summed E-state index contributed by atoms with van der Waals surface area (Å²) in [5.74, 6) is 0.215. The minimum atomic E-state index is -0.00123. The normalized spacial score (nSPS) is 29.1. The molecule has 1 aromatic rings. The maximum Gasteiger partial charge on any atom is 0.238 e. The molecule has 2 unspecified atom stereocenters. The van der Waals surface area contributed by atoms with Crippen LogP contribution >= 0.6 is 11.6 Å². The molecule has 3 rings (SSSR count). The van der Waals surface area contributed by atoms with Crippen LogP contribution in [-0.2, 0) is 4.79 Å². The van der Waals surface area contributed by atoms with Crippen molar-refractivity contribution in [2.45, 2.75) is 45.3 Å². The van der Waals surface area contributed by atoms with Crippen molar-refractivity contribution in [3.05, 3.63) is 34.9 Å². The van der Waals surface area contributed by atoms with Crippen molar-refractivity contribution < 1.29 is 4.79 Å². The molecular formula is C16H21ClN2O. The smallest absolute Gasteiger partial charge is 0.238 e. The minimum absolute atomic E-state index is 0.00123. The maximum atomic E-state index is 12.3. The first kappa shape index (κ1) is 13.9. The first-order valence-electron chi connectivity index (χ1n) is 7.26. The van der Waals surface area contributed by atoms with Gasteiger partial charge in [0.05, 0.1) is 6.54 Å². The number of rotatable bonds is 2. The molecule has 3 nitrogen and oxygen atoms in total. The Balaban J connectivity index is 1.84. The molecule has 1 amide bonds. The second-order valence-electron chi connectivity index (χ2n) is 6.70. The highest BCUT2D eigenvalue weighted by Crippen LogP contribution is 2.42. The quantitative estimate of drug-likeness (QED) is 0.906. The lowest BCUT2D eigenvalue weighted by Gasteiger charge is -2.31. The molecule has 2 fully saturated rings. The third kappa shape index (κ3) is 2.57. The molecule has 20 heavy (non-hydrogen) atoms. The fourth-order valence-corrected chi connectivity index (χ4v) is 3.62. The van der Waals surface area contributed by atoms with E-state index in [4.69, 9.17) is 11.6 Å². The summed E-state index contributed by atoms with van der Waals surface area (Å²) in [6.45, 7) is 5.01. The molecule has 2 aliphatic rings. The molecule has 0 aromatic heterocycles. The molecule has 108 valence electrons. The minimum Gasteiger partial charge on any atom is -0.319 e. The van der Waals surface area contributed by atoms with Crippen molar-refractivity contribution in [2.24, 2.45) is 5.41 Å². The van der Waals surface area contributed by atoms with Crippen LogP contribution in [-0.4, -0.2) is 23.4 Å². The van der Waals surface area contributed by atoms with Crippen LogP contribution in [0.5, 0.6) is 0 Å². The van der Waals surface area contributed by atoms with Gasteiger partial charge in [0.2, 0.25) is 5.91 Å². The monoisotopic (exact) mass is 292 g/mol. The van der Waals surface area contributed by atoms with E-state index in [-0.39, 0.29) is 12.1 Å². The number of hydrogen-bond acceptors (Lipinski definition) is 2. The number of carbonyl (C=O) groups excluding carboxylic acids is 1. The van der Waals surface area contributed by atoms with E-state index >= 15 is 0 Å². The van der Waals surface area contributed by atoms with Gasteiger partial charge in [-0.05, 0) is 42.4 Å². The van der Waals surface area contributed by atoms with Crippen molar-refractivity contribution >= 4 is 17.5 Å². The number of hydrogen-bond donors (Lipinski definition) is 1. The van der Waals surface area contributed by atoms with Gasteiger partial charge in [0.25, 0.3) is 0 Å². The fourth-order valence-electron chi connectivity index (χ4n) is 3.49. The van der Waals surface area contributed by atoms with Gasteiger partial charge >= 0.3 is 0 Å². The lowest BCUT2D eigenvalue weighted by Crippen LogP contribution is -2.38. The van der Waals surface area contributed by atoms with Crippen LogP contribution in [0.3, 0.4) is 0 Å². The molecule has 1 aliphatic heterocycles. The van der Waals surface area contributed by atoms with E-state index in [0.717, 1.165) is 23.4 Å². The Labute approximate surface area is 125 Å². The lowest BCUT2D eigenvalue weighted by atomic mass is 9.91. The molecule has 0 bridgehead atoms. The average Bonchev–Trinajstić information content (AvgIpc) is 2.93. The molecule has 1 N–H and O–H groups in total. The molecule has 1 aliphatic carbocycles. The Morgan fingerprint density at radius 2 is 2.00 bits per heavy atom. The second-order valence-corrected chi connectivity index (χ2v) is 7.13. The third-order valence-electron chi connectivity index (χ3n) is 4.53. The first-order valence-corrected chi connectivity index (χ1v) is 7.64. The van der Waals surface area contributed by atoms with Crippen molar-refractivity contribution in [1.82, 2.24) is 10.2 Å². The molecule has 1 heterocycles. The highest BCUT2D eigenvalue weighted by atomic mass is 35.5. The van der Waals surface area contributed by atoms with Gasteiger partial charge in [0.1, 0.15) is 6.17 Å². The van der Waals surface area contributed by atoms with E-state index in [9.17, 15) is 4.79 Å². The summed E-state index contributed by atoms with van der Waals surface area (Å²) >= 11 is 5.95. The Morgan fingerprint density at radius 3 is 2.60 bits per heavy atom. The zero-order chi connectivity index (χ0) is 14.3. The van der Waals surface area contributed by atoms with Crippen molar-refractivity contribution in [2.75, 3.05) is 6.54 Å². The van der Waals surface area contributed by atoms with Gasteiger partial charge in [-0.2, -0.15) is 0 Å². The Bertz CT molecular complexity index is 512. The van der Waals surface area contributed by atoms with Crippen molar-refractivity contribution in [3.63, 3.8) is 0 Å². The standard InChI is InChI=1S/C16H21ClN2O/c1-16(2)8-7-13(9-16)19-14(20)10-18-15(19)11-3-5-12(17)6-4-11/h3-6,13,15,18H,7-10H2,1-2H3. The molecule has 1 saturated carbocycles. The van der Waals surface area contributed by atoms with Crippen molar-refractivity contribution in [3.8, 4) is 0 Å². The summed E-state index contributed by atoms with van der Waals surface area (Å²) in [7, 11) is 0. The summed E-state index contributed by atoms with van der Waals surface area (Å²) in [6, 6.07) is 8.14. The molecule has 1 saturated heterocycles. The van der Waals surface area contributed by atoms with Gasteiger partial charge in [-0.3, -0.25) is 10.1 Å². The number of halogens is 1. The van der Waals surface area contributed by atoms with Gasteiger partial charge in [0.15, 0.2) is 0 Å². The molecule has 0 radical (unpaired) electrons. The molecule has 1 aromatic carbocycles. The van der Waals surface area contributed by atoms with E-state index in [1.165, 1.54) is 6.42 Å². The van der Waals surface area contributed by atoms with Crippen LogP contribution in [0.15, 0.2) is 24.3 Å². The summed E-state index contributed by atoms with van der Waals surface area (Å²) in [5, 5.41) is 4.06. The zero-order valence-corrected chi connectivity index (χ0v) is 12.8. The van der Waals surface area contributed by atoms with Crippen LogP contribution in [0.2, 0.25) is 5.02 Å². The Morgan fingerprint density at radius 1 is 1.30 bits per heavy atom. The number of amides is 1. The van der Waals surface area contributed by atoms with Crippen LogP contribution in [0.25, 0.3) is 0 Å². The van der Waals surface area contributed by atoms with E-state index in [1.807, 2.05) is 24.3 Å². The molecule has 2 atom stereocenters. The predicted molar refractivity (Wildman–Crippen MR) is 80.5 cm³/mol. The molecular weight excluding hydrogens is 272 g/mol. The van der Waals surface area contributed by atoms with Crippen LogP contribution in [0, 0.1) is 5.41 Å².